The number of hydrogen-bond donors (Lipinski definition) is 2. The number of nitrogens with one attached hydrogen (secondary N) is 2. The Morgan fingerprint density at radius 2 is 1.96 bits per heavy atom. The summed E-state index contributed by atoms with van der Waals surface area (Å²) in [6.07, 6.45) is 2.05. The molecule has 148 valence electrons. The molecule has 1 aliphatic heterocycles. The maximum Gasteiger partial charge on any atom is 0.253 e. The highest BCUT2D eigenvalue weighted by Crippen LogP contribution is 2.26. The first-order chi connectivity index (χ1) is 13.5. The summed E-state index contributed by atoms with van der Waals surface area (Å²) < 4.78 is 5.53. The predicted octanol–water partition coefficient (Wildman–Crippen LogP) is 4.37. The molecule has 0 aliphatic carbocycles. The van der Waals surface area contributed by atoms with Gasteiger partial charge in [0.15, 0.2) is 0 Å². The van der Waals surface area contributed by atoms with E-state index in [0.29, 0.717) is 22.8 Å². The molecule has 0 aromatic heterocycles. The van der Waals surface area contributed by atoms with E-state index in [0.717, 1.165) is 24.3 Å². The van der Waals surface area contributed by atoms with Crippen LogP contribution in [0.15, 0.2) is 53.4 Å². The summed E-state index contributed by atoms with van der Waals surface area (Å²) >= 11 is 7.33. The minimum atomic E-state index is -0.329. The van der Waals surface area contributed by atoms with Gasteiger partial charge in [-0.15, -0.1) is 11.8 Å². The van der Waals surface area contributed by atoms with Gasteiger partial charge < -0.3 is 15.4 Å². The molecular weight excluding hydrogens is 396 g/mol. The normalized spacial score (nSPS) is 17.1. The van der Waals surface area contributed by atoms with Crippen LogP contribution in [-0.2, 0) is 9.53 Å². The number of amides is 2. The second-order valence-electron chi connectivity index (χ2n) is 6.59. The van der Waals surface area contributed by atoms with Gasteiger partial charge in [-0.2, -0.15) is 0 Å². The quantitative estimate of drug-likeness (QED) is 0.655. The maximum atomic E-state index is 12.6. The smallest absolute Gasteiger partial charge is 0.253 e. The second kappa shape index (κ2) is 9.96. The number of ether oxygens (including phenoxy) is 1. The van der Waals surface area contributed by atoms with Gasteiger partial charge in [-0.1, -0.05) is 23.7 Å². The third-order valence-electron chi connectivity index (χ3n) is 4.44. The number of carbonyl (C=O) groups excluding carboxylic acids is 2. The molecule has 0 radical (unpaired) electrons. The fraction of sp³-hybridized carbons (Fsp3) is 0.333. The zero-order chi connectivity index (χ0) is 19.9. The summed E-state index contributed by atoms with van der Waals surface area (Å²) in [6.45, 7) is 3.05. The Morgan fingerprint density at radius 3 is 2.68 bits per heavy atom. The molecule has 7 heteroatoms. The van der Waals surface area contributed by atoms with Crippen LogP contribution in [0, 0.1) is 0 Å². The molecule has 2 N–H and O–H groups in total. The first-order valence-electron chi connectivity index (χ1n) is 9.25. The van der Waals surface area contributed by atoms with Crippen LogP contribution < -0.4 is 10.6 Å². The number of rotatable bonds is 7. The molecule has 5 nitrogen and oxygen atoms in total. The van der Waals surface area contributed by atoms with E-state index >= 15 is 0 Å². The van der Waals surface area contributed by atoms with Gasteiger partial charge in [-0.25, -0.2) is 0 Å². The fourth-order valence-corrected chi connectivity index (χ4v) is 3.90. The third-order valence-corrected chi connectivity index (χ3v) is 5.80. The minimum absolute atomic E-state index is 0.0708. The van der Waals surface area contributed by atoms with E-state index < -0.39 is 0 Å². The topological polar surface area (TPSA) is 67.4 Å². The van der Waals surface area contributed by atoms with E-state index in [2.05, 4.69) is 10.6 Å². The summed E-state index contributed by atoms with van der Waals surface area (Å²) in [7, 11) is 0. The van der Waals surface area contributed by atoms with E-state index in [1.54, 1.807) is 36.4 Å². The van der Waals surface area contributed by atoms with Gasteiger partial charge in [0.2, 0.25) is 5.91 Å². The van der Waals surface area contributed by atoms with Crippen molar-refractivity contribution in [3.05, 3.63) is 59.1 Å². The van der Waals surface area contributed by atoms with Gasteiger partial charge in [-0.05, 0) is 56.2 Å². The van der Waals surface area contributed by atoms with Crippen LogP contribution in [0.3, 0.4) is 0 Å². The summed E-state index contributed by atoms with van der Waals surface area (Å²) in [6, 6.07) is 14.4. The molecule has 2 aromatic carbocycles. The minimum Gasteiger partial charge on any atom is -0.376 e. The molecule has 2 amide bonds. The SMILES string of the molecule is C[C@H](Sc1ccc(Cl)cc1)C(=O)Nc1ccccc1C(=O)NC[C@@H]1CCCO1. The highest BCUT2D eigenvalue weighted by atomic mass is 35.5. The van der Waals surface area contributed by atoms with Crippen LogP contribution in [0.2, 0.25) is 5.02 Å². The molecule has 1 aliphatic rings. The Kier molecular flexibility index (Phi) is 7.36. The lowest BCUT2D eigenvalue weighted by atomic mass is 10.1. The van der Waals surface area contributed by atoms with Gasteiger partial charge in [0, 0.05) is 23.1 Å². The number of halogens is 1. The molecule has 28 heavy (non-hydrogen) atoms. The zero-order valence-corrected chi connectivity index (χ0v) is 17.2. The van der Waals surface area contributed by atoms with Crippen molar-refractivity contribution in [3.8, 4) is 0 Å². The van der Waals surface area contributed by atoms with Crippen LogP contribution in [0.5, 0.6) is 0 Å². The lowest BCUT2D eigenvalue weighted by Crippen LogP contribution is -2.32. The van der Waals surface area contributed by atoms with Crippen molar-refractivity contribution >= 4 is 40.9 Å². The fourth-order valence-electron chi connectivity index (χ4n) is 2.90. The van der Waals surface area contributed by atoms with Crippen molar-refractivity contribution in [3.63, 3.8) is 0 Å². The third kappa shape index (κ3) is 5.74. The number of para-hydroxylation sites is 1. The van der Waals surface area contributed by atoms with Crippen molar-refractivity contribution in [1.82, 2.24) is 5.32 Å². The number of hydrogen-bond acceptors (Lipinski definition) is 4. The molecule has 2 atom stereocenters. The van der Waals surface area contributed by atoms with Crippen LogP contribution in [0.4, 0.5) is 5.69 Å². The molecule has 1 fully saturated rings. The molecule has 0 bridgehead atoms. The average molecular weight is 419 g/mol. The first kappa shape index (κ1) is 20.7. The number of carbonyl (C=O) groups is 2. The summed E-state index contributed by atoms with van der Waals surface area (Å²) in [5.41, 5.74) is 0.943. The lowest BCUT2D eigenvalue weighted by molar-refractivity contribution is -0.115. The Labute approximate surface area is 174 Å². The van der Waals surface area contributed by atoms with E-state index in [1.165, 1.54) is 11.8 Å². The molecule has 0 unspecified atom stereocenters. The highest BCUT2D eigenvalue weighted by molar-refractivity contribution is 8.00. The summed E-state index contributed by atoms with van der Waals surface area (Å²) in [4.78, 5) is 26.1. The van der Waals surface area contributed by atoms with Crippen molar-refractivity contribution in [2.75, 3.05) is 18.5 Å². The molecule has 2 aromatic rings. The monoisotopic (exact) mass is 418 g/mol. The van der Waals surface area contributed by atoms with E-state index in [4.69, 9.17) is 16.3 Å². The standard InChI is InChI=1S/C21H23ClN2O3S/c1-14(28-17-10-8-15(22)9-11-17)20(25)24-19-7-3-2-6-18(19)21(26)23-13-16-5-4-12-27-16/h2-3,6-11,14,16H,4-5,12-13H2,1H3,(H,23,26)(H,24,25)/t14-,16-/m0/s1. The first-order valence-corrected chi connectivity index (χ1v) is 10.5. The van der Waals surface area contributed by atoms with Gasteiger partial charge >= 0.3 is 0 Å². The van der Waals surface area contributed by atoms with Gasteiger partial charge in [0.05, 0.1) is 22.6 Å². The number of benzene rings is 2. The molecular formula is C21H23ClN2O3S. The zero-order valence-electron chi connectivity index (χ0n) is 15.6. The molecule has 1 saturated heterocycles. The number of thioether (sulfide) groups is 1. The van der Waals surface area contributed by atoms with E-state index in [-0.39, 0.29) is 23.2 Å². The highest BCUT2D eigenvalue weighted by Gasteiger charge is 2.20. The van der Waals surface area contributed by atoms with Crippen LogP contribution in [-0.4, -0.2) is 36.3 Å². The molecule has 0 spiro atoms. The largest absolute Gasteiger partial charge is 0.376 e. The number of anilines is 1. The van der Waals surface area contributed by atoms with Crippen molar-refractivity contribution in [2.45, 2.75) is 36.0 Å². The van der Waals surface area contributed by atoms with E-state index in [9.17, 15) is 9.59 Å². The van der Waals surface area contributed by atoms with Crippen LogP contribution in [0.1, 0.15) is 30.1 Å². The van der Waals surface area contributed by atoms with E-state index in [1.807, 2.05) is 19.1 Å². The molecule has 3 rings (SSSR count). The van der Waals surface area contributed by atoms with Crippen molar-refractivity contribution < 1.29 is 14.3 Å². The van der Waals surface area contributed by atoms with Gasteiger partial charge in [0.25, 0.3) is 5.91 Å². The molecule has 1 heterocycles. The molecule has 0 saturated carbocycles. The average Bonchev–Trinajstić information content (AvgIpc) is 3.22. The van der Waals surface area contributed by atoms with Gasteiger partial charge in [-0.3, -0.25) is 9.59 Å². The predicted molar refractivity (Wildman–Crippen MR) is 113 cm³/mol. The summed E-state index contributed by atoms with van der Waals surface area (Å²) in [5.74, 6) is -0.385. The van der Waals surface area contributed by atoms with Crippen molar-refractivity contribution in [1.29, 1.82) is 0 Å². The Hall–Kier alpha value is -2.02. The van der Waals surface area contributed by atoms with Crippen LogP contribution in [0.25, 0.3) is 0 Å². The van der Waals surface area contributed by atoms with Crippen LogP contribution >= 0.6 is 23.4 Å². The van der Waals surface area contributed by atoms with Gasteiger partial charge in [0.1, 0.15) is 0 Å². The summed E-state index contributed by atoms with van der Waals surface area (Å²) in [5, 5.41) is 6.10. The second-order valence-corrected chi connectivity index (χ2v) is 8.44. The Balaban J connectivity index is 1.60. The Bertz CT molecular complexity index is 823. The maximum absolute atomic E-state index is 12.6. The van der Waals surface area contributed by atoms with Crippen molar-refractivity contribution in [2.24, 2.45) is 0 Å². The Morgan fingerprint density at radius 1 is 1.21 bits per heavy atom. The lowest BCUT2D eigenvalue weighted by Gasteiger charge is -2.16.